The van der Waals surface area contributed by atoms with Crippen LogP contribution in [0.25, 0.3) is 0 Å². The molecule has 0 bridgehead atoms. The molecule has 0 unspecified atom stereocenters. The molecule has 2 heterocycles. The molecular formula is C13H17N5O3S2. The fourth-order valence-corrected chi connectivity index (χ4v) is 3.35. The van der Waals surface area contributed by atoms with Gasteiger partial charge in [-0.3, -0.25) is 9.78 Å². The van der Waals surface area contributed by atoms with Crippen molar-refractivity contribution in [3.63, 3.8) is 0 Å². The Balaban J connectivity index is 2.05. The number of hydrogen-bond donors (Lipinski definition) is 2. The Labute approximate surface area is 138 Å². The van der Waals surface area contributed by atoms with Crippen molar-refractivity contribution in [2.24, 2.45) is 5.41 Å². The normalized spacial score (nSPS) is 12.1. The quantitative estimate of drug-likeness (QED) is 0.784. The summed E-state index contributed by atoms with van der Waals surface area (Å²) in [7, 11) is -3.79. The number of amides is 1. The van der Waals surface area contributed by atoms with E-state index in [1.807, 2.05) is 0 Å². The van der Waals surface area contributed by atoms with Crippen molar-refractivity contribution in [2.45, 2.75) is 31.7 Å². The number of pyridine rings is 1. The average molecular weight is 355 g/mol. The summed E-state index contributed by atoms with van der Waals surface area (Å²) in [4.78, 5) is 15.8. The van der Waals surface area contributed by atoms with Crippen molar-refractivity contribution >= 4 is 32.4 Å². The van der Waals surface area contributed by atoms with Gasteiger partial charge in [-0.15, -0.1) is 10.2 Å². The zero-order valence-electron chi connectivity index (χ0n) is 12.9. The van der Waals surface area contributed by atoms with Crippen molar-refractivity contribution in [1.29, 1.82) is 0 Å². The molecule has 0 aliphatic carbocycles. The van der Waals surface area contributed by atoms with E-state index >= 15 is 0 Å². The van der Waals surface area contributed by atoms with Crippen LogP contribution in [0.5, 0.6) is 0 Å². The van der Waals surface area contributed by atoms with E-state index in [1.165, 1.54) is 0 Å². The largest absolute Gasteiger partial charge is 0.300 e. The number of rotatable bonds is 5. The zero-order valence-corrected chi connectivity index (χ0v) is 14.5. The van der Waals surface area contributed by atoms with Gasteiger partial charge in [0.25, 0.3) is 10.0 Å². The number of carbonyl (C=O) groups is 1. The summed E-state index contributed by atoms with van der Waals surface area (Å²) in [5.41, 5.74) is 0.116. The third-order valence-corrected chi connectivity index (χ3v) is 5.33. The lowest BCUT2D eigenvalue weighted by molar-refractivity contribution is -0.123. The molecule has 0 atom stereocenters. The maximum Gasteiger partial charge on any atom is 0.270 e. The van der Waals surface area contributed by atoms with Gasteiger partial charge in [0.2, 0.25) is 15.4 Å². The Morgan fingerprint density at radius 1 is 1.30 bits per heavy atom. The van der Waals surface area contributed by atoms with Crippen LogP contribution in [0.2, 0.25) is 0 Å². The SMILES string of the molecule is CC(C)(C)C(=O)Nc1nnc(S(=O)(=O)NCc2cccnc2)s1. The lowest BCUT2D eigenvalue weighted by Crippen LogP contribution is -2.27. The summed E-state index contributed by atoms with van der Waals surface area (Å²) in [6.45, 7) is 5.34. The molecule has 0 spiro atoms. The van der Waals surface area contributed by atoms with Gasteiger partial charge < -0.3 is 5.32 Å². The molecule has 2 N–H and O–H groups in total. The van der Waals surface area contributed by atoms with Crippen molar-refractivity contribution < 1.29 is 13.2 Å². The van der Waals surface area contributed by atoms with E-state index in [0.717, 1.165) is 16.9 Å². The number of nitrogens with one attached hydrogen (secondary N) is 2. The first-order valence-electron chi connectivity index (χ1n) is 6.72. The van der Waals surface area contributed by atoms with Gasteiger partial charge in [0.05, 0.1) is 0 Å². The Kier molecular flexibility index (Phi) is 5.07. The summed E-state index contributed by atoms with van der Waals surface area (Å²) < 4.78 is 26.5. The van der Waals surface area contributed by atoms with Gasteiger partial charge in [-0.1, -0.05) is 38.2 Å². The fraction of sp³-hybridized carbons (Fsp3) is 0.385. The Bertz CT molecular complexity index is 781. The van der Waals surface area contributed by atoms with Crippen molar-refractivity contribution in [2.75, 3.05) is 5.32 Å². The van der Waals surface area contributed by atoms with Crippen LogP contribution in [0.4, 0.5) is 5.13 Å². The smallest absolute Gasteiger partial charge is 0.270 e. The standard InChI is InChI=1S/C13H17N5O3S2/c1-13(2,3)10(19)16-11-17-18-12(22-11)23(20,21)15-8-9-5-4-6-14-7-9/h4-7,15H,8H2,1-3H3,(H,16,17,19). The summed E-state index contributed by atoms with van der Waals surface area (Å²) in [5.74, 6) is -0.263. The third kappa shape index (κ3) is 4.78. The van der Waals surface area contributed by atoms with E-state index in [0.29, 0.717) is 0 Å². The van der Waals surface area contributed by atoms with Crippen LogP contribution in [-0.4, -0.2) is 29.5 Å². The van der Waals surface area contributed by atoms with Gasteiger partial charge in [0.1, 0.15) is 0 Å². The fourth-order valence-electron chi connectivity index (χ4n) is 1.40. The highest BCUT2D eigenvalue weighted by Gasteiger charge is 2.25. The number of nitrogens with zero attached hydrogens (tertiary/aromatic N) is 3. The number of aromatic nitrogens is 3. The molecule has 0 aromatic carbocycles. The molecular weight excluding hydrogens is 338 g/mol. The predicted molar refractivity (Wildman–Crippen MR) is 86.3 cm³/mol. The van der Waals surface area contributed by atoms with Crippen molar-refractivity contribution in [3.8, 4) is 0 Å². The second-order valence-electron chi connectivity index (χ2n) is 5.76. The van der Waals surface area contributed by atoms with E-state index in [4.69, 9.17) is 0 Å². The van der Waals surface area contributed by atoms with Crippen LogP contribution in [0.15, 0.2) is 28.9 Å². The van der Waals surface area contributed by atoms with Crippen LogP contribution in [-0.2, 0) is 21.4 Å². The molecule has 0 aliphatic rings. The molecule has 0 saturated carbocycles. The van der Waals surface area contributed by atoms with E-state index in [9.17, 15) is 13.2 Å². The minimum absolute atomic E-state index is 0.0967. The molecule has 2 aromatic rings. The van der Waals surface area contributed by atoms with Gasteiger partial charge >= 0.3 is 0 Å². The third-order valence-electron chi connectivity index (χ3n) is 2.73. The average Bonchev–Trinajstić information content (AvgIpc) is 2.95. The van der Waals surface area contributed by atoms with Crippen molar-refractivity contribution in [1.82, 2.24) is 19.9 Å². The highest BCUT2D eigenvalue weighted by molar-refractivity contribution is 7.91. The second kappa shape index (κ2) is 6.69. The summed E-state index contributed by atoms with van der Waals surface area (Å²) in [6.07, 6.45) is 3.17. The minimum atomic E-state index is -3.79. The van der Waals surface area contributed by atoms with Crippen LogP contribution in [0.3, 0.4) is 0 Å². The molecule has 10 heteroatoms. The minimum Gasteiger partial charge on any atom is -0.300 e. The van der Waals surface area contributed by atoms with Crippen LogP contribution in [0.1, 0.15) is 26.3 Å². The van der Waals surface area contributed by atoms with Crippen LogP contribution < -0.4 is 10.0 Å². The summed E-state index contributed by atoms with van der Waals surface area (Å²) in [6, 6.07) is 3.47. The number of carbonyl (C=O) groups excluding carboxylic acids is 1. The monoisotopic (exact) mass is 355 g/mol. The zero-order chi connectivity index (χ0) is 17.1. The second-order valence-corrected chi connectivity index (χ2v) is 8.68. The first kappa shape index (κ1) is 17.4. The van der Waals surface area contributed by atoms with Crippen LogP contribution >= 0.6 is 11.3 Å². The topological polar surface area (TPSA) is 114 Å². The Hall–Kier alpha value is -1.91. The lowest BCUT2D eigenvalue weighted by Gasteiger charge is -2.15. The molecule has 1 amide bonds. The molecule has 0 radical (unpaired) electrons. The Morgan fingerprint density at radius 3 is 2.65 bits per heavy atom. The maximum absolute atomic E-state index is 12.2. The summed E-state index contributed by atoms with van der Waals surface area (Å²) in [5, 5.41) is 10.0. The molecule has 8 nitrogen and oxygen atoms in total. The molecule has 23 heavy (non-hydrogen) atoms. The molecule has 2 aromatic heterocycles. The van der Waals surface area contributed by atoms with Gasteiger partial charge in [0.15, 0.2) is 0 Å². The van der Waals surface area contributed by atoms with E-state index in [-0.39, 0.29) is 21.9 Å². The van der Waals surface area contributed by atoms with E-state index in [1.54, 1.807) is 45.3 Å². The van der Waals surface area contributed by atoms with Gasteiger partial charge in [0, 0.05) is 24.4 Å². The molecule has 124 valence electrons. The lowest BCUT2D eigenvalue weighted by atomic mass is 9.96. The molecule has 2 rings (SSSR count). The van der Waals surface area contributed by atoms with Gasteiger partial charge in [-0.2, -0.15) is 0 Å². The number of sulfonamides is 1. The molecule has 0 fully saturated rings. The first-order valence-corrected chi connectivity index (χ1v) is 9.02. The molecule has 0 saturated heterocycles. The summed E-state index contributed by atoms with van der Waals surface area (Å²) >= 11 is 0.799. The number of anilines is 1. The number of hydrogen-bond acceptors (Lipinski definition) is 7. The van der Waals surface area contributed by atoms with Gasteiger partial charge in [-0.25, -0.2) is 13.1 Å². The predicted octanol–water partition coefficient (Wildman–Crippen LogP) is 1.40. The van der Waals surface area contributed by atoms with E-state index in [2.05, 4.69) is 25.2 Å². The highest BCUT2D eigenvalue weighted by atomic mass is 32.2. The molecule has 0 aliphatic heterocycles. The van der Waals surface area contributed by atoms with Crippen LogP contribution in [0, 0.1) is 5.41 Å². The Morgan fingerprint density at radius 2 is 2.04 bits per heavy atom. The van der Waals surface area contributed by atoms with Crippen molar-refractivity contribution in [3.05, 3.63) is 30.1 Å². The maximum atomic E-state index is 12.2. The first-order chi connectivity index (χ1) is 10.7. The highest BCUT2D eigenvalue weighted by Crippen LogP contribution is 2.22. The van der Waals surface area contributed by atoms with Gasteiger partial charge in [-0.05, 0) is 11.6 Å². The van der Waals surface area contributed by atoms with E-state index < -0.39 is 15.4 Å².